The monoisotopic (exact) mass is 989 g/mol. The number of aromatic amines is 1. The van der Waals surface area contributed by atoms with Gasteiger partial charge in [-0.2, -0.15) is 0 Å². The number of alkyl halides is 1. The number of carbonyl (C=O) groups excluding carboxylic acids is 3. The molecule has 9 rings (SSSR count). The van der Waals surface area contributed by atoms with Gasteiger partial charge in [0.2, 0.25) is 5.91 Å². The molecule has 0 radical (unpaired) electrons. The number of likely N-dealkylation sites (tertiary alicyclic amines) is 1. The number of carbonyl (C=O) groups is 3. The van der Waals surface area contributed by atoms with E-state index in [0.29, 0.717) is 44.1 Å². The van der Waals surface area contributed by atoms with E-state index in [1.807, 2.05) is 40.7 Å². The molecule has 2 N–H and O–H groups in total. The van der Waals surface area contributed by atoms with E-state index in [9.17, 15) is 18.8 Å². The molecule has 0 bridgehead atoms. The molecule has 3 saturated carbocycles. The number of allylic oxidation sites excluding steroid dienone is 1. The lowest BCUT2D eigenvalue weighted by Crippen LogP contribution is -2.50. The van der Waals surface area contributed by atoms with Crippen LogP contribution in [0, 0.1) is 34.8 Å². The summed E-state index contributed by atoms with van der Waals surface area (Å²) in [5.41, 5.74) is 8.67. The molecule has 5 aliphatic rings. The molecular formula is C61H79F3N4O4. The SMILES string of the molecule is C=C(C(CC(=O)OC)C(C)C)N1CCC[C@H]1C1=Cc2cc([C@H]3CC[C@H](c4ccc5nc([C@@H]6CCCC6(C)C(=O)C(NC(C)=O)C(C)C)[nH]c5c4)C3c3cc(F)c(C4CCC(F)CC4)c(F)c3)ccc2C1.CC. The van der Waals surface area contributed by atoms with Crippen LogP contribution in [0.5, 0.6) is 0 Å². The number of rotatable bonds is 15. The lowest BCUT2D eigenvalue weighted by molar-refractivity contribution is -0.142. The first kappa shape index (κ1) is 53.1. The third-order valence-electron chi connectivity index (χ3n) is 17.5. The van der Waals surface area contributed by atoms with Crippen LogP contribution in [0.25, 0.3) is 17.1 Å². The van der Waals surface area contributed by atoms with Gasteiger partial charge in [0.1, 0.15) is 23.6 Å². The van der Waals surface area contributed by atoms with Crippen molar-refractivity contribution in [2.75, 3.05) is 13.7 Å². The number of nitrogens with one attached hydrogen (secondary N) is 2. The van der Waals surface area contributed by atoms with Crippen LogP contribution < -0.4 is 5.32 Å². The fourth-order valence-electron chi connectivity index (χ4n) is 13.7. The molecule has 4 unspecified atom stereocenters. The number of benzene rings is 3. The maximum atomic E-state index is 16.5. The van der Waals surface area contributed by atoms with E-state index < -0.39 is 29.3 Å². The third-order valence-corrected chi connectivity index (χ3v) is 17.5. The highest BCUT2D eigenvalue weighted by Gasteiger charge is 2.50. The highest BCUT2D eigenvalue weighted by atomic mass is 19.1. The van der Waals surface area contributed by atoms with Crippen molar-refractivity contribution in [1.29, 1.82) is 0 Å². The number of aromatic nitrogens is 2. The van der Waals surface area contributed by atoms with Gasteiger partial charge < -0.3 is 19.9 Å². The molecule has 1 saturated heterocycles. The Labute approximate surface area is 426 Å². The van der Waals surface area contributed by atoms with Crippen molar-refractivity contribution in [3.8, 4) is 0 Å². The molecule has 4 aliphatic carbocycles. The summed E-state index contributed by atoms with van der Waals surface area (Å²) in [6.07, 6.45) is 10.1. The molecule has 11 heteroatoms. The predicted octanol–water partition coefficient (Wildman–Crippen LogP) is 14.1. The molecule has 2 heterocycles. The van der Waals surface area contributed by atoms with Gasteiger partial charge in [-0.15, -0.1) is 0 Å². The summed E-state index contributed by atoms with van der Waals surface area (Å²) in [5.74, 6) is -1.39. The van der Waals surface area contributed by atoms with Crippen LogP contribution in [0.1, 0.15) is 201 Å². The molecule has 1 aliphatic heterocycles. The highest BCUT2D eigenvalue weighted by molar-refractivity contribution is 5.94. The number of hydrogen-bond acceptors (Lipinski definition) is 6. The van der Waals surface area contributed by atoms with Crippen molar-refractivity contribution >= 4 is 34.8 Å². The molecule has 1 aromatic heterocycles. The fourth-order valence-corrected chi connectivity index (χ4v) is 13.7. The summed E-state index contributed by atoms with van der Waals surface area (Å²) in [7, 11) is 1.44. The Morgan fingerprint density at radius 2 is 1.54 bits per heavy atom. The van der Waals surface area contributed by atoms with E-state index in [4.69, 9.17) is 9.72 Å². The Bertz CT molecular complexity index is 2660. The number of amides is 1. The van der Waals surface area contributed by atoms with Crippen LogP contribution in [-0.2, 0) is 25.5 Å². The highest BCUT2D eigenvalue weighted by Crippen LogP contribution is 2.56. The Balaban J connectivity index is 0.00000342. The normalized spacial score (nSPS) is 26.8. The maximum Gasteiger partial charge on any atom is 0.306 e. The van der Waals surface area contributed by atoms with Gasteiger partial charge >= 0.3 is 5.97 Å². The quantitative estimate of drug-likeness (QED) is 0.115. The zero-order valence-corrected chi connectivity index (χ0v) is 44.3. The smallest absolute Gasteiger partial charge is 0.306 e. The van der Waals surface area contributed by atoms with Gasteiger partial charge in [-0.05, 0) is 164 Å². The summed E-state index contributed by atoms with van der Waals surface area (Å²) in [6.45, 7) is 21.1. The molecule has 72 heavy (non-hydrogen) atoms. The van der Waals surface area contributed by atoms with Crippen LogP contribution >= 0.6 is 0 Å². The van der Waals surface area contributed by atoms with Gasteiger partial charge in [0.15, 0.2) is 5.78 Å². The zero-order valence-electron chi connectivity index (χ0n) is 44.3. The average Bonchev–Trinajstić information content (AvgIpc) is 4.22. The molecule has 4 fully saturated rings. The number of ketones is 1. The summed E-state index contributed by atoms with van der Waals surface area (Å²) in [5, 5.41) is 2.92. The van der Waals surface area contributed by atoms with Gasteiger partial charge in [0, 0.05) is 42.0 Å². The van der Waals surface area contributed by atoms with Crippen molar-refractivity contribution in [3.05, 3.63) is 117 Å². The maximum absolute atomic E-state index is 16.5. The number of ether oxygens (including phenoxy) is 1. The van der Waals surface area contributed by atoms with E-state index in [-0.39, 0.29) is 76.6 Å². The Morgan fingerprint density at radius 1 is 0.875 bits per heavy atom. The first-order valence-corrected chi connectivity index (χ1v) is 27.2. The van der Waals surface area contributed by atoms with Gasteiger partial charge in [-0.25, -0.2) is 18.2 Å². The van der Waals surface area contributed by atoms with Crippen molar-refractivity contribution in [1.82, 2.24) is 20.2 Å². The van der Waals surface area contributed by atoms with E-state index in [2.05, 4.69) is 72.0 Å². The van der Waals surface area contributed by atoms with E-state index in [1.54, 1.807) is 12.1 Å². The number of H-pyrrole nitrogens is 1. The fraction of sp³-hybridized carbons (Fsp3) is 0.574. The zero-order chi connectivity index (χ0) is 51.8. The lowest BCUT2D eigenvalue weighted by Gasteiger charge is -2.35. The van der Waals surface area contributed by atoms with Crippen LogP contribution in [0.2, 0.25) is 0 Å². The van der Waals surface area contributed by atoms with E-state index >= 15 is 8.78 Å². The summed E-state index contributed by atoms with van der Waals surface area (Å²) < 4.78 is 52.3. The van der Waals surface area contributed by atoms with Crippen LogP contribution in [0.15, 0.2) is 66.4 Å². The predicted molar refractivity (Wildman–Crippen MR) is 281 cm³/mol. The number of esters is 1. The van der Waals surface area contributed by atoms with Gasteiger partial charge in [0.25, 0.3) is 0 Å². The number of nitrogens with zero attached hydrogens (tertiary/aromatic N) is 2. The first-order chi connectivity index (χ1) is 34.4. The summed E-state index contributed by atoms with van der Waals surface area (Å²) in [4.78, 5) is 50.0. The van der Waals surface area contributed by atoms with Crippen molar-refractivity contribution in [2.45, 2.75) is 187 Å². The molecule has 8 nitrogen and oxygen atoms in total. The van der Waals surface area contributed by atoms with E-state index in [0.717, 1.165) is 85.2 Å². The third kappa shape index (κ3) is 10.5. The number of halogens is 3. The minimum Gasteiger partial charge on any atom is -0.469 e. The molecule has 8 atom stereocenters. The van der Waals surface area contributed by atoms with Gasteiger partial charge in [-0.1, -0.05) is 91.8 Å². The number of Topliss-reactive ketones (excluding diaryl/α,β-unsaturated/α-hetero) is 1. The number of imidazole rings is 1. The topological polar surface area (TPSA) is 104 Å². The van der Waals surface area contributed by atoms with Crippen LogP contribution in [0.3, 0.4) is 0 Å². The Hall–Kier alpha value is -5.19. The van der Waals surface area contributed by atoms with Crippen LogP contribution in [-0.4, -0.2) is 64.4 Å². The number of hydrogen-bond donors (Lipinski definition) is 2. The summed E-state index contributed by atoms with van der Waals surface area (Å²) in [6, 6.07) is 15.8. The summed E-state index contributed by atoms with van der Waals surface area (Å²) >= 11 is 0. The largest absolute Gasteiger partial charge is 0.469 e. The van der Waals surface area contributed by atoms with Crippen molar-refractivity contribution in [2.24, 2.45) is 23.2 Å². The average molecular weight is 989 g/mol. The molecular weight excluding hydrogens is 910 g/mol. The van der Waals surface area contributed by atoms with Crippen molar-refractivity contribution < 1.29 is 32.3 Å². The molecule has 4 aromatic rings. The molecule has 3 aromatic carbocycles. The van der Waals surface area contributed by atoms with Crippen molar-refractivity contribution in [3.63, 3.8) is 0 Å². The van der Waals surface area contributed by atoms with Gasteiger partial charge in [-0.3, -0.25) is 14.4 Å². The van der Waals surface area contributed by atoms with Crippen LogP contribution in [0.4, 0.5) is 13.2 Å². The molecule has 1 amide bonds. The second-order valence-electron chi connectivity index (χ2n) is 22.5. The van der Waals surface area contributed by atoms with Gasteiger partial charge in [0.05, 0.1) is 36.6 Å². The number of fused-ring (bicyclic) bond motifs is 2. The second kappa shape index (κ2) is 22.1. The minimum atomic E-state index is -0.924. The lowest BCUT2D eigenvalue weighted by atomic mass is 9.71. The molecule has 0 spiro atoms. The standard InChI is InChI=1S/C59H73F3N4O4.C2H6/c1-32(2)46(31-53(68)70-8)34(5)66-24-10-12-52(66)41-25-37-13-14-38(26-40(37)27-41)44-20-21-45(54(44)42-28-48(61)55(49(62)29-42)36-15-18-43(60)19-16-36)39-17-22-50-51(30-39)65-58(64-50)47-11-9-23-59(47,7)57(69)56(33(3)4)63-35(6)67;1-2/h13-14,17,22,26-30,32-33,36,43-47,52,54,56H,5,9-12,15-16,18-21,23-25,31H2,1-4,6-8H3,(H,63,67)(H,64,65);1-2H3/t36?,43?,44-,45-,46?,47+,52+,54?,56?,59?;/m1./s1. The first-order valence-electron chi connectivity index (χ1n) is 27.2. The minimum absolute atomic E-state index is 0.0141. The second-order valence-corrected chi connectivity index (χ2v) is 22.5. The van der Waals surface area contributed by atoms with E-state index in [1.165, 1.54) is 30.7 Å². The number of methoxy groups -OCH3 is 1. The molecule has 388 valence electrons. The Morgan fingerprint density at radius 3 is 2.18 bits per heavy atom. The Kier molecular flexibility index (Phi) is 16.3.